The molecule has 4 nitrogen and oxygen atoms in total. The van der Waals surface area contributed by atoms with Gasteiger partial charge in [0.1, 0.15) is 11.5 Å². The Morgan fingerprint density at radius 3 is 2.36 bits per heavy atom. The third-order valence-electron chi connectivity index (χ3n) is 4.67. The number of benzene rings is 1. The lowest BCUT2D eigenvalue weighted by atomic mass is 9.83. The molecule has 0 aliphatic carbocycles. The maximum atomic E-state index is 5.88. The molecule has 0 aromatic heterocycles. The molecule has 2 N–H and O–H groups in total. The number of hydrogen-bond acceptors (Lipinski definition) is 4. The first kappa shape index (κ1) is 17.1. The summed E-state index contributed by atoms with van der Waals surface area (Å²) in [7, 11) is 5.64. The summed E-state index contributed by atoms with van der Waals surface area (Å²) in [4.78, 5) is 2.38. The molecule has 1 saturated heterocycles. The van der Waals surface area contributed by atoms with Gasteiger partial charge in [0.05, 0.1) is 14.2 Å². The van der Waals surface area contributed by atoms with Crippen LogP contribution in [0.15, 0.2) is 12.1 Å². The number of nitrogens with zero attached hydrogens (tertiary/aromatic N) is 1. The van der Waals surface area contributed by atoms with Gasteiger partial charge in [-0.3, -0.25) is 4.90 Å². The molecule has 0 spiro atoms. The van der Waals surface area contributed by atoms with Crippen LogP contribution < -0.4 is 15.2 Å². The molecule has 0 amide bonds. The summed E-state index contributed by atoms with van der Waals surface area (Å²) in [5.74, 6) is 2.43. The first-order chi connectivity index (χ1) is 10.3. The molecule has 1 heterocycles. The highest BCUT2D eigenvalue weighted by Crippen LogP contribution is 2.44. The Hall–Kier alpha value is -1.26. The normalized spacial score (nSPS) is 22.9. The van der Waals surface area contributed by atoms with Crippen LogP contribution in [0.5, 0.6) is 11.5 Å². The quantitative estimate of drug-likeness (QED) is 0.929. The molecule has 1 aromatic carbocycles. The highest BCUT2D eigenvalue weighted by atomic mass is 16.5. The Balaban J connectivity index is 2.54. The largest absolute Gasteiger partial charge is 0.497 e. The van der Waals surface area contributed by atoms with Crippen LogP contribution >= 0.6 is 0 Å². The van der Waals surface area contributed by atoms with Gasteiger partial charge in [0.15, 0.2) is 0 Å². The minimum Gasteiger partial charge on any atom is -0.497 e. The van der Waals surface area contributed by atoms with Crippen molar-refractivity contribution in [3.8, 4) is 11.5 Å². The van der Waals surface area contributed by atoms with Crippen LogP contribution in [0.25, 0.3) is 0 Å². The average molecular weight is 306 g/mol. The fraction of sp³-hybridized carbons (Fsp3) is 0.667. The Morgan fingerprint density at radius 2 is 1.91 bits per heavy atom. The van der Waals surface area contributed by atoms with Gasteiger partial charge >= 0.3 is 0 Å². The molecule has 22 heavy (non-hydrogen) atoms. The Morgan fingerprint density at radius 1 is 1.23 bits per heavy atom. The van der Waals surface area contributed by atoms with E-state index in [-0.39, 0.29) is 5.41 Å². The summed E-state index contributed by atoms with van der Waals surface area (Å²) >= 11 is 0. The second-order valence-electron chi connectivity index (χ2n) is 7.34. The van der Waals surface area contributed by atoms with E-state index in [2.05, 4.69) is 44.9 Å². The Bertz CT molecular complexity index is 523. The summed E-state index contributed by atoms with van der Waals surface area (Å²) in [6.07, 6.45) is 1.07. The number of nitrogens with two attached hydrogens (primary N) is 1. The van der Waals surface area contributed by atoms with E-state index in [4.69, 9.17) is 15.2 Å². The van der Waals surface area contributed by atoms with E-state index in [9.17, 15) is 0 Å². The van der Waals surface area contributed by atoms with Gasteiger partial charge in [-0.25, -0.2) is 0 Å². The predicted molar refractivity (Wildman–Crippen MR) is 90.8 cm³/mol. The summed E-state index contributed by atoms with van der Waals surface area (Å²) in [6, 6.07) is 4.55. The highest BCUT2D eigenvalue weighted by Gasteiger charge is 2.34. The van der Waals surface area contributed by atoms with Gasteiger partial charge in [-0.1, -0.05) is 20.8 Å². The topological polar surface area (TPSA) is 47.7 Å². The number of rotatable bonds is 4. The van der Waals surface area contributed by atoms with Gasteiger partial charge in [-0.2, -0.15) is 0 Å². The summed E-state index contributed by atoms with van der Waals surface area (Å²) in [5.41, 5.74) is 8.28. The van der Waals surface area contributed by atoms with Crippen molar-refractivity contribution < 1.29 is 9.47 Å². The van der Waals surface area contributed by atoms with Crippen LogP contribution in [0.3, 0.4) is 0 Å². The fourth-order valence-corrected chi connectivity index (χ4v) is 3.41. The van der Waals surface area contributed by atoms with Crippen LogP contribution in [-0.2, 0) is 5.41 Å². The highest BCUT2D eigenvalue weighted by molar-refractivity contribution is 5.51. The Kier molecular flexibility index (Phi) is 5.03. The number of likely N-dealkylation sites (tertiary alicyclic amines) is 1. The molecular formula is C18H30N2O2. The zero-order chi connectivity index (χ0) is 16.5. The first-order valence-electron chi connectivity index (χ1n) is 7.98. The van der Waals surface area contributed by atoms with E-state index in [1.165, 1.54) is 11.1 Å². The molecule has 1 fully saturated rings. The van der Waals surface area contributed by atoms with Gasteiger partial charge in [0.25, 0.3) is 0 Å². The molecule has 0 saturated carbocycles. The van der Waals surface area contributed by atoms with Crippen molar-refractivity contribution in [2.75, 3.05) is 34.4 Å². The molecule has 2 rings (SSSR count). The van der Waals surface area contributed by atoms with E-state index >= 15 is 0 Å². The van der Waals surface area contributed by atoms with E-state index in [0.717, 1.165) is 31.0 Å². The third-order valence-corrected chi connectivity index (χ3v) is 4.67. The van der Waals surface area contributed by atoms with Crippen LogP contribution in [0.1, 0.15) is 44.4 Å². The minimum absolute atomic E-state index is 0.000915. The molecule has 2 atom stereocenters. The van der Waals surface area contributed by atoms with E-state index < -0.39 is 0 Å². The zero-order valence-electron chi connectivity index (χ0n) is 14.8. The molecule has 1 aromatic rings. The van der Waals surface area contributed by atoms with Gasteiger partial charge < -0.3 is 15.2 Å². The van der Waals surface area contributed by atoms with Gasteiger partial charge in [0.2, 0.25) is 0 Å². The molecule has 2 unspecified atom stereocenters. The van der Waals surface area contributed by atoms with Crippen LogP contribution in [0.4, 0.5) is 0 Å². The van der Waals surface area contributed by atoms with E-state index in [0.29, 0.717) is 12.0 Å². The van der Waals surface area contributed by atoms with Gasteiger partial charge in [0, 0.05) is 23.7 Å². The van der Waals surface area contributed by atoms with Crippen LogP contribution in [-0.4, -0.2) is 39.3 Å². The minimum atomic E-state index is -0.000915. The monoisotopic (exact) mass is 306 g/mol. The van der Waals surface area contributed by atoms with Crippen LogP contribution in [0.2, 0.25) is 0 Å². The standard InChI is InChI=1S/C18H30N2O2/c1-18(2,3)15-9-13(21-5)8-14(17(15)22-6)16-7-12(10-19)11-20(16)4/h8-9,12,16H,7,10-11,19H2,1-6H3. The van der Waals surface area contributed by atoms with Crippen LogP contribution in [0, 0.1) is 5.92 Å². The second-order valence-corrected chi connectivity index (χ2v) is 7.34. The lowest BCUT2D eigenvalue weighted by Crippen LogP contribution is -2.22. The SMILES string of the molecule is COc1cc(C2CC(CN)CN2C)c(OC)c(C(C)(C)C)c1. The molecule has 0 bridgehead atoms. The van der Waals surface area contributed by atoms with Crippen molar-refractivity contribution in [1.29, 1.82) is 0 Å². The summed E-state index contributed by atoms with van der Waals surface area (Å²) in [6.45, 7) is 8.38. The average Bonchev–Trinajstić information content (AvgIpc) is 2.85. The van der Waals surface area contributed by atoms with E-state index in [1.54, 1.807) is 14.2 Å². The van der Waals surface area contributed by atoms with Gasteiger partial charge in [-0.05, 0) is 43.5 Å². The fourth-order valence-electron chi connectivity index (χ4n) is 3.41. The lowest BCUT2D eigenvalue weighted by molar-refractivity contribution is 0.299. The number of hydrogen-bond donors (Lipinski definition) is 1. The molecule has 1 aliphatic heterocycles. The first-order valence-corrected chi connectivity index (χ1v) is 7.98. The molecule has 0 radical (unpaired) electrons. The molecular weight excluding hydrogens is 276 g/mol. The molecule has 1 aliphatic rings. The van der Waals surface area contributed by atoms with Crippen molar-refractivity contribution in [2.24, 2.45) is 11.7 Å². The molecule has 4 heteroatoms. The number of ether oxygens (including phenoxy) is 2. The lowest BCUT2D eigenvalue weighted by Gasteiger charge is -2.28. The second kappa shape index (κ2) is 6.47. The van der Waals surface area contributed by atoms with Gasteiger partial charge in [-0.15, -0.1) is 0 Å². The third kappa shape index (κ3) is 3.23. The summed E-state index contributed by atoms with van der Waals surface area (Å²) in [5, 5.41) is 0. The molecule has 124 valence electrons. The Labute approximate surface area is 134 Å². The van der Waals surface area contributed by atoms with Crippen molar-refractivity contribution in [1.82, 2.24) is 4.90 Å². The van der Waals surface area contributed by atoms with Crippen molar-refractivity contribution in [3.05, 3.63) is 23.3 Å². The zero-order valence-corrected chi connectivity index (χ0v) is 14.8. The maximum absolute atomic E-state index is 5.88. The predicted octanol–water partition coefficient (Wildman–Crippen LogP) is 2.95. The van der Waals surface area contributed by atoms with Crippen molar-refractivity contribution >= 4 is 0 Å². The smallest absolute Gasteiger partial charge is 0.127 e. The van der Waals surface area contributed by atoms with Crippen molar-refractivity contribution in [2.45, 2.75) is 38.6 Å². The van der Waals surface area contributed by atoms with Crippen molar-refractivity contribution in [3.63, 3.8) is 0 Å². The summed E-state index contributed by atoms with van der Waals surface area (Å²) < 4.78 is 11.4. The number of methoxy groups -OCH3 is 2. The maximum Gasteiger partial charge on any atom is 0.127 e. The van der Waals surface area contributed by atoms with E-state index in [1.807, 2.05) is 0 Å².